The Labute approximate surface area is 123 Å². The van der Waals surface area contributed by atoms with Crippen molar-refractivity contribution in [2.45, 2.75) is 32.2 Å². The first-order valence-electron chi connectivity index (χ1n) is 6.82. The molecule has 20 heavy (non-hydrogen) atoms. The SMILES string of the molecule is O=C(O)C1CCCC(C(=O)NCc2ccccc2Cl)C1. The third-order valence-electron chi connectivity index (χ3n) is 3.81. The number of benzene rings is 1. The number of aliphatic carboxylic acids is 1. The first-order valence-corrected chi connectivity index (χ1v) is 7.19. The Hall–Kier alpha value is -1.55. The van der Waals surface area contributed by atoms with Crippen LogP contribution in [0.2, 0.25) is 5.02 Å². The number of nitrogens with one attached hydrogen (secondary N) is 1. The summed E-state index contributed by atoms with van der Waals surface area (Å²) in [4.78, 5) is 23.1. The van der Waals surface area contributed by atoms with Crippen LogP contribution in [0.5, 0.6) is 0 Å². The summed E-state index contributed by atoms with van der Waals surface area (Å²) in [6, 6.07) is 7.36. The molecule has 2 unspecified atom stereocenters. The van der Waals surface area contributed by atoms with E-state index in [1.807, 2.05) is 18.2 Å². The van der Waals surface area contributed by atoms with Crippen LogP contribution < -0.4 is 5.32 Å². The molecule has 0 saturated heterocycles. The number of halogens is 1. The lowest BCUT2D eigenvalue weighted by Crippen LogP contribution is -2.35. The maximum absolute atomic E-state index is 12.1. The van der Waals surface area contributed by atoms with Crippen molar-refractivity contribution in [3.05, 3.63) is 34.9 Å². The molecule has 0 radical (unpaired) electrons. The number of hydrogen-bond acceptors (Lipinski definition) is 2. The minimum absolute atomic E-state index is 0.0733. The molecule has 2 atom stereocenters. The van der Waals surface area contributed by atoms with Crippen LogP contribution in [-0.4, -0.2) is 17.0 Å². The minimum Gasteiger partial charge on any atom is -0.481 e. The van der Waals surface area contributed by atoms with E-state index in [4.69, 9.17) is 16.7 Å². The van der Waals surface area contributed by atoms with Gasteiger partial charge in [0.1, 0.15) is 0 Å². The highest BCUT2D eigenvalue weighted by Gasteiger charge is 2.30. The lowest BCUT2D eigenvalue weighted by Gasteiger charge is -2.25. The van der Waals surface area contributed by atoms with Crippen LogP contribution >= 0.6 is 11.6 Å². The van der Waals surface area contributed by atoms with E-state index in [1.165, 1.54) is 0 Å². The molecular weight excluding hydrogens is 278 g/mol. The van der Waals surface area contributed by atoms with Crippen molar-refractivity contribution in [1.82, 2.24) is 5.32 Å². The van der Waals surface area contributed by atoms with Crippen LogP contribution in [0.25, 0.3) is 0 Å². The fourth-order valence-corrected chi connectivity index (χ4v) is 2.82. The fourth-order valence-electron chi connectivity index (χ4n) is 2.62. The largest absolute Gasteiger partial charge is 0.481 e. The van der Waals surface area contributed by atoms with Crippen molar-refractivity contribution in [1.29, 1.82) is 0 Å². The monoisotopic (exact) mass is 295 g/mol. The van der Waals surface area contributed by atoms with Gasteiger partial charge in [-0.3, -0.25) is 9.59 Å². The molecule has 1 fully saturated rings. The van der Waals surface area contributed by atoms with E-state index in [9.17, 15) is 9.59 Å². The molecule has 1 aromatic carbocycles. The quantitative estimate of drug-likeness (QED) is 0.897. The zero-order valence-electron chi connectivity index (χ0n) is 11.1. The molecule has 1 aliphatic carbocycles. The molecule has 108 valence electrons. The molecule has 4 nitrogen and oxygen atoms in total. The van der Waals surface area contributed by atoms with Crippen LogP contribution in [0.1, 0.15) is 31.2 Å². The number of carboxylic acids is 1. The molecule has 0 bridgehead atoms. The van der Waals surface area contributed by atoms with E-state index in [0.717, 1.165) is 18.4 Å². The maximum atomic E-state index is 12.1. The smallest absolute Gasteiger partial charge is 0.306 e. The van der Waals surface area contributed by atoms with Crippen molar-refractivity contribution in [3.63, 3.8) is 0 Å². The summed E-state index contributed by atoms with van der Waals surface area (Å²) >= 11 is 6.03. The Kier molecular flexibility index (Phi) is 5.01. The third kappa shape index (κ3) is 3.73. The average Bonchev–Trinajstić information content (AvgIpc) is 2.46. The Bertz CT molecular complexity index is 504. The van der Waals surface area contributed by atoms with Crippen LogP contribution in [-0.2, 0) is 16.1 Å². The standard InChI is InChI=1S/C15H18ClNO3/c16-13-7-2-1-4-12(13)9-17-14(18)10-5-3-6-11(8-10)15(19)20/h1-2,4,7,10-11H,3,5-6,8-9H2,(H,17,18)(H,19,20). The lowest BCUT2D eigenvalue weighted by molar-refractivity contribution is -0.144. The van der Waals surface area contributed by atoms with Gasteiger partial charge >= 0.3 is 5.97 Å². The van der Waals surface area contributed by atoms with Crippen LogP contribution in [0.15, 0.2) is 24.3 Å². The maximum Gasteiger partial charge on any atom is 0.306 e. The van der Waals surface area contributed by atoms with E-state index >= 15 is 0 Å². The second kappa shape index (κ2) is 6.75. The zero-order valence-corrected chi connectivity index (χ0v) is 11.9. The molecule has 1 aliphatic rings. The predicted molar refractivity (Wildman–Crippen MR) is 76.4 cm³/mol. The van der Waals surface area contributed by atoms with Gasteiger partial charge < -0.3 is 10.4 Å². The van der Waals surface area contributed by atoms with Crippen LogP contribution in [0, 0.1) is 11.8 Å². The van der Waals surface area contributed by atoms with Crippen molar-refractivity contribution < 1.29 is 14.7 Å². The van der Waals surface area contributed by atoms with Gasteiger partial charge in [-0.05, 0) is 30.9 Å². The second-order valence-electron chi connectivity index (χ2n) is 5.21. The normalized spacial score (nSPS) is 22.2. The van der Waals surface area contributed by atoms with Crippen LogP contribution in [0.4, 0.5) is 0 Å². The fraction of sp³-hybridized carbons (Fsp3) is 0.467. The van der Waals surface area contributed by atoms with Gasteiger partial charge in [0.2, 0.25) is 5.91 Å². The molecule has 1 aromatic rings. The Balaban J connectivity index is 1.89. The molecule has 0 aliphatic heterocycles. The molecule has 2 N–H and O–H groups in total. The average molecular weight is 296 g/mol. The highest BCUT2D eigenvalue weighted by molar-refractivity contribution is 6.31. The lowest BCUT2D eigenvalue weighted by atomic mass is 9.81. The third-order valence-corrected chi connectivity index (χ3v) is 4.17. The van der Waals surface area contributed by atoms with Gasteiger partial charge in [0.25, 0.3) is 0 Å². The first kappa shape index (κ1) is 14.9. The number of carboxylic acid groups (broad SMARTS) is 1. The van der Waals surface area contributed by atoms with Gasteiger partial charge in [0.15, 0.2) is 0 Å². The Morgan fingerprint density at radius 2 is 1.95 bits per heavy atom. The van der Waals surface area contributed by atoms with Crippen molar-refractivity contribution >= 4 is 23.5 Å². The van der Waals surface area contributed by atoms with E-state index in [2.05, 4.69) is 5.32 Å². The zero-order chi connectivity index (χ0) is 14.5. The molecule has 5 heteroatoms. The Morgan fingerprint density at radius 1 is 1.25 bits per heavy atom. The summed E-state index contributed by atoms with van der Waals surface area (Å²) in [6.45, 7) is 0.382. The van der Waals surface area contributed by atoms with E-state index in [0.29, 0.717) is 24.4 Å². The van der Waals surface area contributed by atoms with Gasteiger partial charge in [0, 0.05) is 17.5 Å². The summed E-state index contributed by atoms with van der Waals surface area (Å²) in [6.07, 6.45) is 2.66. The van der Waals surface area contributed by atoms with Crippen molar-refractivity contribution in [2.24, 2.45) is 11.8 Å². The molecule has 2 rings (SSSR count). The van der Waals surface area contributed by atoms with E-state index in [-0.39, 0.29) is 17.7 Å². The van der Waals surface area contributed by atoms with E-state index in [1.54, 1.807) is 6.07 Å². The molecule has 1 saturated carbocycles. The van der Waals surface area contributed by atoms with Gasteiger partial charge in [-0.25, -0.2) is 0 Å². The summed E-state index contributed by atoms with van der Waals surface area (Å²) < 4.78 is 0. The van der Waals surface area contributed by atoms with Gasteiger partial charge in [-0.1, -0.05) is 36.2 Å². The first-order chi connectivity index (χ1) is 9.58. The van der Waals surface area contributed by atoms with Crippen molar-refractivity contribution in [2.75, 3.05) is 0 Å². The topological polar surface area (TPSA) is 66.4 Å². The van der Waals surface area contributed by atoms with Gasteiger partial charge in [0.05, 0.1) is 5.92 Å². The molecular formula is C15H18ClNO3. The second-order valence-corrected chi connectivity index (χ2v) is 5.62. The van der Waals surface area contributed by atoms with E-state index < -0.39 is 5.97 Å². The highest BCUT2D eigenvalue weighted by atomic mass is 35.5. The predicted octanol–water partition coefficient (Wildman–Crippen LogP) is 2.85. The number of carbonyl (C=O) groups excluding carboxylic acids is 1. The van der Waals surface area contributed by atoms with Gasteiger partial charge in [-0.2, -0.15) is 0 Å². The van der Waals surface area contributed by atoms with Crippen molar-refractivity contribution in [3.8, 4) is 0 Å². The Morgan fingerprint density at radius 3 is 2.65 bits per heavy atom. The highest BCUT2D eigenvalue weighted by Crippen LogP contribution is 2.29. The van der Waals surface area contributed by atoms with Crippen LogP contribution in [0.3, 0.4) is 0 Å². The number of carbonyl (C=O) groups is 2. The van der Waals surface area contributed by atoms with Gasteiger partial charge in [-0.15, -0.1) is 0 Å². The number of amides is 1. The molecule has 0 heterocycles. The molecule has 1 amide bonds. The molecule has 0 spiro atoms. The summed E-state index contributed by atoms with van der Waals surface area (Å²) in [5, 5.41) is 12.5. The summed E-state index contributed by atoms with van der Waals surface area (Å²) in [5.41, 5.74) is 0.869. The number of hydrogen-bond donors (Lipinski definition) is 2. The number of rotatable bonds is 4. The summed E-state index contributed by atoms with van der Waals surface area (Å²) in [7, 11) is 0. The molecule has 0 aromatic heterocycles. The summed E-state index contributed by atoms with van der Waals surface area (Å²) in [5.74, 6) is -1.46. The minimum atomic E-state index is -0.798.